The topological polar surface area (TPSA) is 21.6 Å². The molecule has 2 nitrogen and oxygen atoms in total. The van der Waals surface area contributed by atoms with Crippen molar-refractivity contribution in [3.05, 3.63) is 24.1 Å². The number of hydrogen-bond donors (Lipinski definition) is 0. The molecule has 0 unspecified atom stereocenters. The Kier molecular flexibility index (Phi) is 10.1. The van der Waals surface area contributed by atoms with Crippen LogP contribution in [-0.2, 0) is 4.74 Å². The van der Waals surface area contributed by atoms with Gasteiger partial charge in [-0.1, -0.05) is 34.3 Å². The quantitative estimate of drug-likeness (QED) is 0.372. The van der Waals surface area contributed by atoms with Gasteiger partial charge < -0.3 is 4.74 Å². The molecular weight excluding hydrogens is 162 g/mol. The van der Waals surface area contributed by atoms with Gasteiger partial charge in [0.05, 0.1) is 12.8 Å². The van der Waals surface area contributed by atoms with Crippen molar-refractivity contribution in [2.75, 3.05) is 7.11 Å². The summed E-state index contributed by atoms with van der Waals surface area (Å²) < 4.78 is 5.04. The van der Waals surface area contributed by atoms with E-state index in [1.54, 1.807) is 13.2 Å². The fourth-order valence-electron chi connectivity index (χ4n) is 0.837. The fraction of sp³-hybridized carbons (Fsp3) is 0.545. The zero-order chi connectivity index (χ0) is 10.9. The summed E-state index contributed by atoms with van der Waals surface area (Å²) in [7, 11) is 1.60. The zero-order valence-corrected chi connectivity index (χ0v) is 9.42. The number of aliphatic imine (C=N–C) groups is 1. The van der Waals surface area contributed by atoms with Crippen LogP contribution in [0.25, 0.3) is 0 Å². The van der Waals surface area contributed by atoms with Crippen molar-refractivity contribution < 1.29 is 4.74 Å². The first kappa shape index (κ1) is 14.5. The van der Waals surface area contributed by atoms with Gasteiger partial charge >= 0.3 is 0 Å². The smallest absolute Gasteiger partial charge is 0.139 e. The molecule has 0 rings (SSSR count). The van der Waals surface area contributed by atoms with Gasteiger partial charge in [0, 0.05) is 0 Å². The minimum Gasteiger partial charge on any atom is -0.495 e. The van der Waals surface area contributed by atoms with Crippen LogP contribution in [0.2, 0.25) is 0 Å². The van der Waals surface area contributed by atoms with E-state index in [1.165, 1.54) is 0 Å². The molecule has 0 aliphatic heterocycles. The lowest BCUT2D eigenvalue weighted by molar-refractivity contribution is 0.298. The molecule has 0 saturated heterocycles. The fourth-order valence-corrected chi connectivity index (χ4v) is 0.837. The molecule has 0 fully saturated rings. The van der Waals surface area contributed by atoms with Crippen molar-refractivity contribution in [3.8, 4) is 0 Å². The van der Waals surface area contributed by atoms with Crippen LogP contribution < -0.4 is 0 Å². The van der Waals surface area contributed by atoms with Crippen molar-refractivity contribution in [1.29, 1.82) is 0 Å². The molecule has 0 amide bonds. The Morgan fingerprint density at radius 3 is 1.92 bits per heavy atom. The largest absolute Gasteiger partial charge is 0.495 e. The average molecular weight is 183 g/mol. The monoisotopic (exact) mass is 183 g/mol. The molecule has 76 valence electrons. The number of ether oxygens (including phenoxy) is 1. The van der Waals surface area contributed by atoms with Crippen LogP contribution >= 0.6 is 0 Å². The molecule has 0 aromatic carbocycles. The van der Waals surface area contributed by atoms with Gasteiger partial charge in [-0.2, -0.15) is 0 Å². The SMILES string of the molecule is C=C/C(OC)=C(\N=C)C(C)C.CC. The van der Waals surface area contributed by atoms with Crippen molar-refractivity contribution in [1.82, 2.24) is 0 Å². The standard InChI is InChI=1S/C9H15NO.C2H6/c1-6-8(11-5)9(10-4)7(2)3;1-2/h6-7H,1,4H2,2-3,5H3;1-2H3/b9-8+;. The van der Waals surface area contributed by atoms with Crippen molar-refractivity contribution in [2.45, 2.75) is 27.7 Å². The lowest BCUT2D eigenvalue weighted by Gasteiger charge is -2.09. The molecule has 0 aliphatic rings. The van der Waals surface area contributed by atoms with Crippen LogP contribution in [0.1, 0.15) is 27.7 Å². The van der Waals surface area contributed by atoms with Crippen LogP contribution in [0.5, 0.6) is 0 Å². The Bertz CT molecular complexity index is 181. The molecule has 0 aliphatic carbocycles. The first-order chi connectivity index (χ1) is 6.17. The van der Waals surface area contributed by atoms with Crippen LogP contribution in [0, 0.1) is 5.92 Å². The Labute approximate surface area is 82.0 Å². The molecule has 13 heavy (non-hydrogen) atoms. The third kappa shape index (κ3) is 5.23. The van der Waals surface area contributed by atoms with Gasteiger partial charge in [-0.25, -0.2) is 0 Å². The summed E-state index contributed by atoms with van der Waals surface area (Å²) in [5.74, 6) is 1.02. The van der Waals surface area contributed by atoms with Gasteiger partial charge in [0.25, 0.3) is 0 Å². The van der Waals surface area contributed by atoms with Crippen molar-refractivity contribution in [2.24, 2.45) is 10.9 Å². The summed E-state index contributed by atoms with van der Waals surface area (Å²) in [6.45, 7) is 15.1. The number of allylic oxidation sites excluding steroid dienone is 2. The van der Waals surface area contributed by atoms with Crippen molar-refractivity contribution in [3.63, 3.8) is 0 Å². The molecule has 0 aromatic rings. The second-order valence-corrected chi connectivity index (χ2v) is 2.47. The van der Waals surface area contributed by atoms with Gasteiger partial charge in [-0.05, 0) is 18.7 Å². The maximum absolute atomic E-state index is 5.04. The molecule has 0 atom stereocenters. The van der Waals surface area contributed by atoms with E-state index < -0.39 is 0 Å². The minimum absolute atomic E-state index is 0.320. The summed E-state index contributed by atoms with van der Waals surface area (Å²) in [6.07, 6.45) is 1.64. The van der Waals surface area contributed by atoms with Gasteiger partial charge in [0.15, 0.2) is 0 Å². The Morgan fingerprint density at radius 2 is 1.85 bits per heavy atom. The molecule has 0 aromatic heterocycles. The summed E-state index contributed by atoms with van der Waals surface area (Å²) in [5.41, 5.74) is 0.850. The highest BCUT2D eigenvalue weighted by atomic mass is 16.5. The highest BCUT2D eigenvalue weighted by molar-refractivity contribution is 5.32. The third-order valence-electron chi connectivity index (χ3n) is 1.37. The molecule has 0 spiro atoms. The van der Waals surface area contributed by atoms with Gasteiger partial charge in [-0.3, -0.25) is 4.99 Å². The number of methoxy groups -OCH3 is 1. The number of rotatable bonds is 4. The average Bonchev–Trinajstić information content (AvgIpc) is 2.16. The van der Waals surface area contributed by atoms with Crippen LogP contribution in [0.15, 0.2) is 29.1 Å². The highest BCUT2D eigenvalue weighted by Crippen LogP contribution is 2.16. The molecule has 0 heterocycles. The lowest BCUT2D eigenvalue weighted by atomic mass is 10.1. The van der Waals surface area contributed by atoms with E-state index >= 15 is 0 Å². The van der Waals surface area contributed by atoms with Crippen LogP contribution in [0.3, 0.4) is 0 Å². The molecule has 0 N–H and O–H groups in total. The summed E-state index contributed by atoms with van der Waals surface area (Å²) in [6, 6.07) is 0. The predicted octanol–water partition coefficient (Wildman–Crippen LogP) is 3.41. The maximum atomic E-state index is 5.04. The van der Waals surface area contributed by atoms with E-state index in [9.17, 15) is 0 Å². The second-order valence-electron chi connectivity index (χ2n) is 2.47. The van der Waals surface area contributed by atoms with E-state index in [2.05, 4.69) is 18.3 Å². The van der Waals surface area contributed by atoms with Gasteiger partial charge in [-0.15, -0.1) is 0 Å². The first-order valence-electron chi connectivity index (χ1n) is 4.54. The van der Waals surface area contributed by atoms with Crippen LogP contribution in [-0.4, -0.2) is 13.8 Å². The number of nitrogens with zero attached hydrogens (tertiary/aromatic N) is 1. The third-order valence-corrected chi connectivity index (χ3v) is 1.37. The maximum Gasteiger partial charge on any atom is 0.139 e. The Balaban J connectivity index is 0. The number of hydrogen-bond acceptors (Lipinski definition) is 2. The van der Waals surface area contributed by atoms with E-state index in [0.29, 0.717) is 11.7 Å². The van der Waals surface area contributed by atoms with Gasteiger partial charge in [0.1, 0.15) is 5.76 Å². The second kappa shape index (κ2) is 9.04. The van der Waals surface area contributed by atoms with E-state index in [4.69, 9.17) is 4.74 Å². The van der Waals surface area contributed by atoms with Crippen LogP contribution in [0.4, 0.5) is 0 Å². The van der Waals surface area contributed by atoms with E-state index in [-0.39, 0.29) is 0 Å². The summed E-state index contributed by atoms with van der Waals surface area (Å²) in [4.78, 5) is 3.86. The molecule has 2 heteroatoms. The normalized spacial score (nSPS) is 10.9. The Morgan fingerprint density at radius 1 is 1.38 bits per heavy atom. The Hall–Kier alpha value is -1.05. The summed E-state index contributed by atoms with van der Waals surface area (Å²) in [5, 5.41) is 0. The zero-order valence-electron chi connectivity index (χ0n) is 9.42. The van der Waals surface area contributed by atoms with E-state index in [0.717, 1.165) is 5.70 Å². The van der Waals surface area contributed by atoms with Crippen molar-refractivity contribution >= 4 is 6.72 Å². The molecule has 0 saturated carbocycles. The van der Waals surface area contributed by atoms with E-state index in [1.807, 2.05) is 27.7 Å². The first-order valence-corrected chi connectivity index (χ1v) is 4.54. The minimum atomic E-state index is 0.320. The molecule has 0 bridgehead atoms. The molecular formula is C11H21NO. The highest BCUT2D eigenvalue weighted by Gasteiger charge is 2.05. The molecule has 0 radical (unpaired) electrons. The predicted molar refractivity (Wildman–Crippen MR) is 60.0 cm³/mol. The van der Waals surface area contributed by atoms with Gasteiger partial charge in [0.2, 0.25) is 0 Å². The summed E-state index contributed by atoms with van der Waals surface area (Å²) >= 11 is 0. The lowest BCUT2D eigenvalue weighted by Crippen LogP contribution is -1.96.